The molecule has 96 valence electrons. The van der Waals surface area contributed by atoms with Crippen LogP contribution in [-0.2, 0) is 0 Å². The number of hydrogen-bond donors (Lipinski definition) is 1. The van der Waals surface area contributed by atoms with E-state index in [1.807, 2.05) is 6.92 Å². The number of likely N-dealkylation sites (N-methyl/N-ethyl adjacent to an activating group) is 1. The highest BCUT2D eigenvalue weighted by Gasteiger charge is 2.18. The van der Waals surface area contributed by atoms with Gasteiger partial charge in [0.15, 0.2) is 5.78 Å². The van der Waals surface area contributed by atoms with E-state index in [1.54, 1.807) is 6.92 Å². The molecule has 0 radical (unpaired) electrons. The molecule has 0 aliphatic rings. The molecule has 0 aliphatic heterocycles. The van der Waals surface area contributed by atoms with Gasteiger partial charge in [-0.25, -0.2) is 0 Å². The summed E-state index contributed by atoms with van der Waals surface area (Å²) in [5, 5.41) is 2.96. The number of carbonyl (C=O) groups is 1. The first kappa shape index (κ1) is 12.7. The third-order valence-electron chi connectivity index (χ3n) is 2.78. The Labute approximate surface area is 103 Å². The monoisotopic (exact) mass is 253 g/mol. The maximum absolute atomic E-state index is 13.4. The quantitative estimate of drug-likeness (QED) is 0.852. The summed E-state index contributed by atoms with van der Waals surface area (Å²) in [6.07, 6.45) is 0. The molecule has 2 rings (SSSR count). The number of ketones is 1. The lowest BCUT2D eigenvalue weighted by Gasteiger charge is -2.10. The highest BCUT2D eigenvalue weighted by Crippen LogP contribution is 2.24. The zero-order valence-electron chi connectivity index (χ0n) is 10.1. The fourth-order valence-corrected chi connectivity index (χ4v) is 1.84. The Morgan fingerprint density at radius 2 is 2.17 bits per heavy atom. The van der Waals surface area contributed by atoms with Crippen molar-refractivity contribution < 1.29 is 18.0 Å². The van der Waals surface area contributed by atoms with Crippen LogP contribution in [0.25, 0.3) is 11.0 Å². The molecule has 0 saturated carbocycles. The van der Waals surface area contributed by atoms with Crippen molar-refractivity contribution in [3.63, 3.8) is 0 Å². The van der Waals surface area contributed by atoms with Gasteiger partial charge in [0.25, 0.3) is 0 Å². The fraction of sp³-hybridized carbons (Fsp3) is 0.308. The van der Waals surface area contributed by atoms with Crippen LogP contribution < -0.4 is 5.32 Å². The van der Waals surface area contributed by atoms with Gasteiger partial charge in [-0.15, -0.1) is 0 Å². The largest absolute Gasteiger partial charge is 0.429 e. The van der Waals surface area contributed by atoms with Crippen LogP contribution in [0.5, 0.6) is 0 Å². The van der Waals surface area contributed by atoms with Gasteiger partial charge in [-0.1, -0.05) is 6.92 Å². The van der Waals surface area contributed by atoms with Crippen molar-refractivity contribution in [1.29, 1.82) is 0 Å². The second-order valence-electron chi connectivity index (χ2n) is 4.04. The molecule has 0 unspecified atom stereocenters. The van der Waals surface area contributed by atoms with E-state index < -0.39 is 11.8 Å². The standard InChI is InChI=1S/C13H13F2NO2/c1-3-16-7(2)12(17)8-4-5-10-9(6-8)11(14)13(15)18-10/h4-7,16H,3H2,1-2H3/t7-/m0/s1. The summed E-state index contributed by atoms with van der Waals surface area (Å²) >= 11 is 0. The van der Waals surface area contributed by atoms with E-state index in [1.165, 1.54) is 18.2 Å². The Bertz CT molecular complexity index is 592. The molecule has 0 fully saturated rings. The van der Waals surface area contributed by atoms with Crippen molar-refractivity contribution in [2.45, 2.75) is 19.9 Å². The first-order chi connectivity index (χ1) is 8.54. The molecule has 0 spiro atoms. The number of halogens is 2. The minimum absolute atomic E-state index is 0.0120. The maximum Gasteiger partial charge on any atom is 0.315 e. The van der Waals surface area contributed by atoms with E-state index >= 15 is 0 Å². The van der Waals surface area contributed by atoms with E-state index in [0.29, 0.717) is 12.1 Å². The van der Waals surface area contributed by atoms with E-state index in [2.05, 4.69) is 9.73 Å². The maximum atomic E-state index is 13.4. The Morgan fingerprint density at radius 1 is 1.44 bits per heavy atom. The Kier molecular flexibility index (Phi) is 3.43. The molecule has 0 amide bonds. The normalized spacial score (nSPS) is 12.9. The molecule has 0 bridgehead atoms. The van der Waals surface area contributed by atoms with Crippen molar-refractivity contribution in [3.8, 4) is 0 Å². The van der Waals surface area contributed by atoms with Gasteiger partial charge in [0.2, 0.25) is 5.82 Å². The van der Waals surface area contributed by atoms with Gasteiger partial charge in [0, 0.05) is 5.56 Å². The molecule has 5 heteroatoms. The topological polar surface area (TPSA) is 42.2 Å². The molecule has 0 aliphatic carbocycles. The summed E-state index contributed by atoms with van der Waals surface area (Å²) in [4.78, 5) is 12.0. The van der Waals surface area contributed by atoms with Crippen LogP contribution in [-0.4, -0.2) is 18.4 Å². The van der Waals surface area contributed by atoms with Crippen LogP contribution in [0.15, 0.2) is 22.6 Å². The second kappa shape index (κ2) is 4.86. The molecule has 0 saturated heterocycles. The SMILES string of the molecule is CCN[C@@H](C)C(=O)c1ccc2oc(F)c(F)c2c1. The molecule has 1 aromatic carbocycles. The van der Waals surface area contributed by atoms with Crippen molar-refractivity contribution in [2.75, 3.05) is 6.54 Å². The van der Waals surface area contributed by atoms with Gasteiger partial charge in [0.1, 0.15) is 5.58 Å². The molecule has 1 N–H and O–H groups in total. The predicted octanol–water partition coefficient (Wildman–Crippen LogP) is 2.89. The molecule has 1 aromatic heterocycles. The van der Waals surface area contributed by atoms with Crippen LogP contribution in [0.3, 0.4) is 0 Å². The summed E-state index contributed by atoms with van der Waals surface area (Å²) in [7, 11) is 0. The number of rotatable bonds is 4. The van der Waals surface area contributed by atoms with Gasteiger partial charge in [0.05, 0.1) is 11.4 Å². The van der Waals surface area contributed by atoms with Gasteiger partial charge < -0.3 is 9.73 Å². The first-order valence-corrected chi connectivity index (χ1v) is 5.69. The third-order valence-corrected chi connectivity index (χ3v) is 2.78. The summed E-state index contributed by atoms with van der Waals surface area (Å²) in [6, 6.07) is 2.59. The molecule has 2 aromatic rings. The molecule has 1 atom stereocenters. The zero-order valence-corrected chi connectivity index (χ0v) is 10.1. The van der Waals surface area contributed by atoms with Crippen molar-refractivity contribution in [1.82, 2.24) is 5.32 Å². The number of furan rings is 1. The fourth-order valence-electron chi connectivity index (χ4n) is 1.84. The minimum Gasteiger partial charge on any atom is -0.429 e. The Hall–Kier alpha value is -1.75. The first-order valence-electron chi connectivity index (χ1n) is 5.69. The zero-order chi connectivity index (χ0) is 13.3. The average Bonchev–Trinajstić information content (AvgIpc) is 2.64. The molecular formula is C13H13F2NO2. The summed E-state index contributed by atoms with van der Waals surface area (Å²) in [5.74, 6) is -1.23. The summed E-state index contributed by atoms with van der Waals surface area (Å²) < 4.78 is 30.8. The smallest absolute Gasteiger partial charge is 0.315 e. The molecule has 3 nitrogen and oxygen atoms in total. The van der Waals surface area contributed by atoms with Gasteiger partial charge in [-0.05, 0) is 31.7 Å². The Morgan fingerprint density at radius 3 is 2.83 bits per heavy atom. The lowest BCUT2D eigenvalue weighted by molar-refractivity contribution is 0.0952. The third kappa shape index (κ3) is 2.13. The van der Waals surface area contributed by atoms with Gasteiger partial charge >= 0.3 is 6.01 Å². The highest BCUT2D eigenvalue weighted by atomic mass is 19.2. The number of hydrogen-bond acceptors (Lipinski definition) is 3. The number of Topliss-reactive ketones (excluding diaryl/α,β-unsaturated/α-hetero) is 1. The predicted molar refractivity (Wildman–Crippen MR) is 63.6 cm³/mol. The van der Waals surface area contributed by atoms with Crippen LogP contribution in [0.2, 0.25) is 0 Å². The van der Waals surface area contributed by atoms with Crippen molar-refractivity contribution >= 4 is 16.8 Å². The van der Waals surface area contributed by atoms with Gasteiger partial charge in [-0.3, -0.25) is 4.79 Å². The van der Waals surface area contributed by atoms with Gasteiger partial charge in [-0.2, -0.15) is 8.78 Å². The second-order valence-corrected chi connectivity index (χ2v) is 4.04. The molecule has 1 heterocycles. The highest BCUT2D eigenvalue weighted by molar-refractivity contribution is 6.02. The van der Waals surface area contributed by atoms with Crippen LogP contribution in [0.4, 0.5) is 8.78 Å². The lowest BCUT2D eigenvalue weighted by atomic mass is 10.0. The number of fused-ring (bicyclic) bond motifs is 1. The van der Waals surface area contributed by atoms with Crippen molar-refractivity contribution in [3.05, 3.63) is 35.6 Å². The van der Waals surface area contributed by atoms with E-state index in [0.717, 1.165) is 0 Å². The Balaban J connectivity index is 2.40. The van der Waals surface area contributed by atoms with E-state index in [-0.39, 0.29) is 22.8 Å². The lowest BCUT2D eigenvalue weighted by Crippen LogP contribution is -2.33. The van der Waals surface area contributed by atoms with Crippen LogP contribution in [0.1, 0.15) is 24.2 Å². The molecule has 18 heavy (non-hydrogen) atoms. The summed E-state index contributed by atoms with van der Waals surface area (Å²) in [6.45, 7) is 4.27. The number of benzene rings is 1. The summed E-state index contributed by atoms with van der Waals surface area (Å²) in [5.41, 5.74) is 0.424. The van der Waals surface area contributed by atoms with E-state index in [4.69, 9.17) is 0 Å². The minimum atomic E-state index is -1.26. The van der Waals surface area contributed by atoms with Crippen LogP contribution >= 0.6 is 0 Å². The number of carbonyl (C=O) groups excluding carboxylic acids is 1. The van der Waals surface area contributed by atoms with E-state index in [9.17, 15) is 13.6 Å². The average molecular weight is 253 g/mol. The molecular weight excluding hydrogens is 240 g/mol. The van der Waals surface area contributed by atoms with Crippen molar-refractivity contribution in [2.24, 2.45) is 0 Å². The number of nitrogens with one attached hydrogen (secondary N) is 1. The van der Waals surface area contributed by atoms with Crippen LogP contribution in [0, 0.1) is 11.8 Å².